The Hall–Kier alpha value is -1.62. The first-order valence-electron chi connectivity index (χ1n) is 5.83. The Kier molecular flexibility index (Phi) is 2.91. The average Bonchev–Trinajstić information content (AvgIpc) is 3.14. The molecule has 18 heavy (non-hydrogen) atoms. The summed E-state index contributed by atoms with van der Waals surface area (Å²) in [5.74, 6) is 1.62. The second-order valence-corrected chi connectivity index (χ2v) is 5.28. The lowest BCUT2D eigenvalue weighted by Gasteiger charge is -2.07. The summed E-state index contributed by atoms with van der Waals surface area (Å²) in [7, 11) is 0. The van der Waals surface area contributed by atoms with E-state index in [1.165, 1.54) is 5.56 Å². The molecule has 0 spiro atoms. The van der Waals surface area contributed by atoms with Crippen LogP contribution in [0, 0.1) is 0 Å². The molecule has 1 fully saturated rings. The van der Waals surface area contributed by atoms with Crippen molar-refractivity contribution < 1.29 is 0 Å². The van der Waals surface area contributed by atoms with Gasteiger partial charge < -0.3 is 11.1 Å². The van der Waals surface area contributed by atoms with Gasteiger partial charge in [-0.3, -0.25) is 0 Å². The van der Waals surface area contributed by atoms with Gasteiger partial charge in [-0.15, -0.1) is 0 Å². The Morgan fingerprint density at radius 3 is 2.83 bits per heavy atom. The maximum absolute atomic E-state index is 5.59. The van der Waals surface area contributed by atoms with Crippen molar-refractivity contribution in [3.63, 3.8) is 0 Å². The molecule has 5 heteroatoms. The van der Waals surface area contributed by atoms with Gasteiger partial charge in [-0.05, 0) is 27.9 Å². The highest BCUT2D eigenvalue weighted by atomic mass is 79.9. The van der Waals surface area contributed by atoms with E-state index in [2.05, 4.69) is 55.5 Å². The smallest absolute Gasteiger partial charge is 0.221 e. The molecule has 1 aromatic carbocycles. The van der Waals surface area contributed by atoms with Gasteiger partial charge in [-0.1, -0.05) is 30.3 Å². The predicted octanol–water partition coefficient (Wildman–Crippen LogP) is 2.79. The normalized spacial score (nSPS) is 21.6. The molecule has 4 nitrogen and oxygen atoms in total. The van der Waals surface area contributed by atoms with Crippen molar-refractivity contribution >= 4 is 27.7 Å². The lowest BCUT2D eigenvalue weighted by Crippen LogP contribution is -2.08. The van der Waals surface area contributed by atoms with Crippen LogP contribution >= 0.6 is 15.9 Å². The van der Waals surface area contributed by atoms with E-state index in [0.717, 1.165) is 16.7 Å². The molecule has 3 N–H and O–H groups in total. The van der Waals surface area contributed by atoms with Gasteiger partial charge in [0.15, 0.2) is 0 Å². The molecule has 2 aromatic rings. The standard InChI is InChI=1S/C13H13BrN4/c14-10-7-16-13(15)18-12(10)17-11-6-9(11)8-4-2-1-3-5-8/h1-5,7,9,11H,6H2,(H3,15,16,17,18). The highest BCUT2D eigenvalue weighted by Gasteiger charge is 2.38. The largest absolute Gasteiger partial charge is 0.368 e. The predicted molar refractivity (Wildman–Crippen MR) is 75.4 cm³/mol. The first kappa shape index (κ1) is 11.5. The zero-order chi connectivity index (χ0) is 12.5. The minimum Gasteiger partial charge on any atom is -0.368 e. The number of nitrogens with zero attached hydrogens (tertiary/aromatic N) is 2. The molecule has 1 aromatic heterocycles. The van der Waals surface area contributed by atoms with Crippen LogP contribution in [0.5, 0.6) is 0 Å². The third-order valence-corrected chi connectivity index (χ3v) is 3.68. The fourth-order valence-electron chi connectivity index (χ4n) is 2.08. The molecule has 0 bridgehead atoms. The quantitative estimate of drug-likeness (QED) is 0.915. The summed E-state index contributed by atoms with van der Waals surface area (Å²) in [6.45, 7) is 0. The number of anilines is 2. The van der Waals surface area contributed by atoms with Crippen LogP contribution in [0.3, 0.4) is 0 Å². The van der Waals surface area contributed by atoms with Gasteiger partial charge in [-0.25, -0.2) is 4.98 Å². The van der Waals surface area contributed by atoms with Gasteiger partial charge in [0.1, 0.15) is 5.82 Å². The third kappa shape index (κ3) is 2.31. The van der Waals surface area contributed by atoms with E-state index in [9.17, 15) is 0 Å². The van der Waals surface area contributed by atoms with Crippen molar-refractivity contribution in [3.05, 3.63) is 46.6 Å². The molecule has 1 saturated carbocycles. The number of halogens is 1. The lowest BCUT2D eigenvalue weighted by molar-refractivity contribution is 1.02. The molecule has 0 saturated heterocycles. The minimum absolute atomic E-state index is 0.289. The Morgan fingerprint density at radius 1 is 1.28 bits per heavy atom. The SMILES string of the molecule is Nc1ncc(Br)c(NC2CC2c2ccccc2)n1. The van der Waals surface area contributed by atoms with Gasteiger partial charge in [0.05, 0.1) is 4.47 Å². The van der Waals surface area contributed by atoms with Crippen molar-refractivity contribution in [1.82, 2.24) is 9.97 Å². The van der Waals surface area contributed by atoms with Crippen molar-refractivity contribution in [3.8, 4) is 0 Å². The summed E-state index contributed by atoms with van der Waals surface area (Å²) in [6.07, 6.45) is 2.80. The summed E-state index contributed by atoms with van der Waals surface area (Å²) in [5.41, 5.74) is 6.95. The van der Waals surface area contributed by atoms with Crippen LogP contribution in [0.25, 0.3) is 0 Å². The number of hydrogen-bond donors (Lipinski definition) is 2. The Bertz CT molecular complexity index is 558. The fourth-order valence-corrected chi connectivity index (χ4v) is 2.39. The fraction of sp³-hybridized carbons (Fsp3) is 0.231. The topological polar surface area (TPSA) is 63.8 Å². The summed E-state index contributed by atoms with van der Waals surface area (Å²) in [5, 5.41) is 3.40. The van der Waals surface area contributed by atoms with E-state index < -0.39 is 0 Å². The molecular formula is C13H13BrN4. The first-order chi connectivity index (χ1) is 8.74. The molecule has 2 atom stereocenters. The molecule has 0 radical (unpaired) electrons. The van der Waals surface area contributed by atoms with Crippen LogP contribution in [0.15, 0.2) is 41.0 Å². The van der Waals surface area contributed by atoms with Gasteiger partial charge in [0.25, 0.3) is 0 Å². The van der Waals surface area contributed by atoms with E-state index in [0.29, 0.717) is 12.0 Å². The zero-order valence-electron chi connectivity index (χ0n) is 9.68. The molecule has 2 unspecified atom stereocenters. The molecule has 0 amide bonds. The number of nitrogens with one attached hydrogen (secondary N) is 1. The highest BCUT2D eigenvalue weighted by molar-refractivity contribution is 9.10. The van der Waals surface area contributed by atoms with Crippen LogP contribution in [0.4, 0.5) is 11.8 Å². The van der Waals surface area contributed by atoms with Crippen molar-refractivity contribution in [2.24, 2.45) is 0 Å². The highest BCUT2D eigenvalue weighted by Crippen LogP contribution is 2.43. The summed E-state index contributed by atoms with van der Waals surface area (Å²) in [6, 6.07) is 10.9. The van der Waals surface area contributed by atoms with E-state index in [-0.39, 0.29) is 5.95 Å². The third-order valence-electron chi connectivity index (χ3n) is 3.10. The van der Waals surface area contributed by atoms with Gasteiger partial charge in [0.2, 0.25) is 5.95 Å². The van der Waals surface area contributed by atoms with Crippen molar-refractivity contribution in [2.75, 3.05) is 11.1 Å². The maximum Gasteiger partial charge on any atom is 0.221 e. The van der Waals surface area contributed by atoms with E-state index in [4.69, 9.17) is 5.73 Å². The molecular weight excluding hydrogens is 292 g/mol. The van der Waals surface area contributed by atoms with Crippen LogP contribution in [-0.2, 0) is 0 Å². The summed E-state index contributed by atoms with van der Waals surface area (Å²) in [4.78, 5) is 8.11. The maximum atomic E-state index is 5.59. The Balaban J connectivity index is 1.71. The summed E-state index contributed by atoms with van der Waals surface area (Å²) < 4.78 is 0.843. The summed E-state index contributed by atoms with van der Waals surface area (Å²) >= 11 is 3.42. The van der Waals surface area contributed by atoms with Crippen LogP contribution in [0.2, 0.25) is 0 Å². The second kappa shape index (κ2) is 4.57. The number of hydrogen-bond acceptors (Lipinski definition) is 4. The number of aromatic nitrogens is 2. The van der Waals surface area contributed by atoms with Gasteiger partial charge in [-0.2, -0.15) is 4.98 Å². The lowest BCUT2D eigenvalue weighted by atomic mass is 10.1. The molecule has 1 aliphatic carbocycles. The van der Waals surface area contributed by atoms with E-state index in [1.54, 1.807) is 6.20 Å². The number of benzene rings is 1. The Morgan fingerprint density at radius 2 is 2.06 bits per heavy atom. The van der Waals surface area contributed by atoms with Gasteiger partial charge >= 0.3 is 0 Å². The van der Waals surface area contributed by atoms with E-state index in [1.807, 2.05) is 6.07 Å². The minimum atomic E-state index is 0.289. The van der Waals surface area contributed by atoms with Crippen LogP contribution < -0.4 is 11.1 Å². The Labute approximate surface area is 114 Å². The zero-order valence-corrected chi connectivity index (χ0v) is 11.3. The average molecular weight is 305 g/mol. The molecule has 0 aliphatic heterocycles. The molecule has 1 aliphatic rings. The van der Waals surface area contributed by atoms with Crippen LogP contribution in [0.1, 0.15) is 17.9 Å². The van der Waals surface area contributed by atoms with Crippen LogP contribution in [-0.4, -0.2) is 16.0 Å². The van der Waals surface area contributed by atoms with E-state index >= 15 is 0 Å². The molecule has 1 heterocycles. The number of rotatable bonds is 3. The number of nitrogens with two attached hydrogens (primary N) is 1. The van der Waals surface area contributed by atoms with Crippen molar-refractivity contribution in [1.29, 1.82) is 0 Å². The molecule has 3 rings (SSSR count). The van der Waals surface area contributed by atoms with Crippen molar-refractivity contribution in [2.45, 2.75) is 18.4 Å². The van der Waals surface area contributed by atoms with Gasteiger partial charge in [0, 0.05) is 18.2 Å². The number of nitrogen functional groups attached to an aromatic ring is 1. The first-order valence-corrected chi connectivity index (χ1v) is 6.63. The molecule has 92 valence electrons. The monoisotopic (exact) mass is 304 g/mol. The second-order valence-electron chi connectivity index (χ2n) is 4.43.